The van der Waals surface area contributed by atoms with E-state index in [-0.39, 0.29) is 17.9 Å². The highest BCUT2D eigenvalue weighted by Crippen LogP contribution is 2.44. The average molecular weight is 468 g/mol. The van der Waals surface area contributed by atoms with Gasteiger partial charge in [0.2, 0.25) is 0 Å². The smallest absolute Gasteiger partial charge is 0.433 e. The molecule has 0 aliphatic rings. The minimum atomic E-state index is -5.05. The monoisotopic (exact) mass is 467 g/mol. The van der Waals surface area contributed by atoms with Crippen LogP contribution in [0.5, 0.6) is 0 Å². The highest BCUT2D eigenvalue weighted by Gasteiger charge is 2.42. The van der Waals surface area contributed by atoms with Gasteiger partial charge in [0.05, 0.1) is 17.9 Å². The Morgan fingerprint density at radius 3 is 2.20 bits per heavy atom. The molecule has 30 heavy (non-hydrogen) atoms. The molecule has 1 atom stereocenters. The summed E-state index contributed by atoms with van der Waals surface area (Å²) in [4.78, 5) is 15.5. The second-order valence-electron chi connectivity index (χ2n) is 6.95. The molecule has 0 aliphatic heterocycles. The second-order valence-corrected chi connectivity index (χ2v) is 7.91. The molecule has 0 amide bonds. The van der Waals surface area contributed by atoms with E-state index in [0.29, 0.717) is 10.6 Å². The molecule has 0 saturated heterocycles. The summed E-state index contributed by atoms with van der Waals surface area (Å²) in [6, 6.07) is 5.88. The van der Waals surface area contributed by atoms with Crippen molar-refractivity contribution in [2.45, 2.75) is 38.1 Å². The van der Waals surface area contributed by atoms with E-state index < -0.39 is 46.3 Å². The summed E-state index contributed by atoms with van der Waals surface area (Å²) < 4.78 is 73.5. The Hall–Kier alpha value is -1.87. The molecule has 0 spiro atoms. The van der Waals surface area contributed by atoms with E-state index in [0.717, 1.165) is 7.11 Å². The van der Waals surface area contributed by atoms with Crippen molar-refractivity contribution in [3.63, 3.8) is 0 Å². The van der Waals surface area contributed by atoms with Crippen LogP contribution in [-0.2, 0) is 17.3 Å². The number of carbonyl (C=O) groups is 1. The maximum atomic E-state index is 13.9. The van der Waals surface area contributed by atoms with Gasteiger partial charge < -0.3 is 4.74 Å². The summed E-state index contributed by atoms with van der Waals surface area (Å²) in [5, 5.41) is -0.838. The summed E-state index contributed by atoms with van der Waals surface area (Å²) >= 11 is 10.2. The van der Waals surface area contributed by atoms with Gasteiger partial charge in [-0.2, -0.15) is 25.8 Å². The Balaban J connectivity index is 2.97. The van der Waals surface area contributed by atoms with Crippen LogP contribution in [0.1, 0.15) is 64.0 Å². The number of pyridine rings is 1. The largest absolute Gasteiger partial charge is 0.465 e. The van der Waals surface area contributed by atoms with Crippen LogP contribution < -0.4 is 0 Å². The summed E-state index contributed by atoms with van der Waals surface area (Å²) in [5.41, 5.74) is -3.74. The molecule has 2 rings (SSSR count). The third-order valence-electron chi connectivity index (χ3n) is 4.31. The van der Waals surface area contributed by atoms with Crippen LogP contribution in [0.3, 0.4) is 0 Å². The number of aromatic nitrogens is 1. The van der Waals surface area contributed by atoms with Gasteiger partial charge in [0.15, 0.2) is 0 Å². The molecule has 0 fully saturated rings. The first-order valence-electron chi connectivity index (χ1n) is 8.82. The van der Waals surface area contributed by atoms with Crippen LogP contribution in [0.15, 0.2) is 24.3 Å². The predicted octanol–water partition coefficient (Wildman–Crippen LogP) is 6.70. The van der Waals surface area contributed by atoms with Crippen LogP contribution in [0, 0.1) is 5.92 Å². The number of hydrogen-bond donors (Lipinski definition) is 1. The number of rotatable bonds is 6. The van der Waals surface area contributed by atoms with Crippen LogP contribution in [0.4, 0.5) is 22.0 Å². The maximum absolute atomic E-state index is 13.9. The van der Waals surface area contributed by atoms with Gasteiger partial charge in [-0.05, 0) is 35.6 Å². The molecule has 0 bridgehead atoms. The Bertz CT molecular complexity index is 917. The van der Waals surface area contributed by atoms with E-state index in [9.17, 15) is 26.7 Å². The van der Waals surface area contributed by atoms with Crippen molar-refractivity contribution in [3.05, 3.63) is 62.9 Å². The first-order chi connectivity index (χ1) is 13.9. The van der Waals surface area contributed by atoms with Crippen molar-refractivity contribution < 1.29 is 31.5 Å². The van der Waals surface area contributed by atoms with Crippen molar-refractivity contribution in [2.24, 2.45) is 5.92 Å². The fourth-order valence-electron chi connectivity index (χ4n) is 3.10. The van der Waals surface area contributed by atoms with E-state index in [2.05, 4.69) is 22.3 Å². The normalized spacial score (nSPS) is 13.1. The number of esters is 1. The molecule has 0 saturated carbocycles. The Kier molecular flexibility index (Phi) is 7.74. The fourth-order valence-corrected chi connectivity index (χ4v) is 3.68. The zero-order valence-electron chi connectivity index (χ0n) is 16.2. The number of thiol groups is 1. The molecule has 10 heteroatoms. The van der Waals surface area contributed by atoms with E-state index >= 15 is 0 Å². The molecule has 1 heterocycles. The zero-order chi connectivity index (χ0) is 22.8. The number of carbonyl (C=O) groups excluding carboxylic acids is 1. The Morgan fingerprint density at radius 2 is 1.77 bits per heavy atom. The third-order valence-corrected chi connectivity index (χ3v) is 5.12. The van der Waals surface area contributed by atoms with Gasteiger partial charge in [0.25, 0.3) is 6.43 Å². The summed E-state index contributed by atoms with van der Waals surface area (Å²) in [5.74, 6) is -1.44. The standard InChI is InChI=1S/C20H19ClF5NO2S/c1-9(2)8-12-13(19(28)29-3)15(18(22)23)27-17(20(24,25)26)14(12)16(30)10-4-6-11(21)7-5-10/h4-7,9,16,18,30H,8H2,1-3H3. The fraction of sp³-hybridized carbons (Fsp3) is 0.400. The lowest BCUT2D eigenvalue weighted by atomic mass is 9.87. The molecule has 0 aliphatic carbocycles. The molecule has 2 aromatic rings. The van der Waals surface area contributed by atoms with Crippen LogP contribution >= 0.6 is 24.2 Å². The third kappa shape index (κ3) is 5.24. The van der Waals surface area contributed by atoms with Gasteiger partial charge >= 0.3 is 12.1 Å². The molecule has 0 N–H and O–H groups in total. The molecule has 0 radical (unpaired) electrons. The molecule has 1 aromatic heterocycles. The number of ether oxygens (including phenoxy) is 1. The van der Waals surface area contributed by atoms with Gasteiger partial charge in [-0.1, -0.05) is 37.6 Å². The lowest BCUT2D eigenvalue weighted by molar-refractivity contribution is -0.142. The molecule has 1 aromatic carbocycles. The summed E-state index contributed by atoms with van der Waals surface area (Å²) in [6.45, 7) is 3.38. The zero-order valence-corrected chi connectivity index (χ0v) is 17.9. The van der Waals surface area contributed by atoms with Crippen molar-refractivity contribution in [1.29, 1.82) is 0 Å². The highest BCUT2D eigenvalue weighted by molar-refractivity contribution is 7.80. The molecular formula is C20H19ClF5NO2S. The quantitative estimate of drug-likeness (QED) is 0.292. The second kappa shape index (κ2) is 9.51. The Labute approximate surface area is 181 Å². The number of alkyl halides is 5. The highest BCUT2D eigenvalue weighted by atomic mass is 35.5. The molecule has 164 valence electrons. The number of benzene rings is 1. The topological polar surface area (TPSA) is 39.2 Å². The van der Waals surface area contributed by atoms with Crippen LogP contribution in [-0.4, -0.2) is 18.1 Å². The first kappa shape index (κ1) is 24.4. The van der Waals surface area contributed by atoms with E-state index in [1.165, 1.54) is 24.3 Å². The first-order valence-corrected chi connectivity index (χ1v) is 9.71. The number of halogens is 6. The number of nitrogens with zero attached hydrogens (tertiary/aromatic N) is 1. The number of methoxy groups -OCH3 is 1. The van der Waals surface area contributed by atoms with Crippen molar-refractivity contribution >= 4 is 30.2 Å². The van der Waals surface area contributed by atoms with E-state index in [1.54, 1.807) is 13.8 Å². The lowest BCUT2D eigenvalue weighted by Gasteiger charge is -2.25. The van der Waals surface area contributed by atoms with Gasteiger partial charge in [-0.15, -0.1) is 0 Å². The summed E-state index contributed by atoms with van der Waals surface area (Å²) in [7, 11) is 0.964. The van der Waals surface area contributed by atoms with Crippen molar-refractivity contribution in [1.82, 2.24) is 4.98 Å². The van der Waals surface area contributed by atoms with Crippen molar-refractivity contribution in [2.75, 3.05) is 7.11 Å². The Morgan fingerprint density at radius 1 is 1.20 bits per heavy atom. The van der Waals surface area contributed by atoms with E-state index in [1.807, 2.05) is 0 Å². The van der Waals surface area contributed by atoms with Crippen LogP contribution in [0.2, 0.25) is 5.02 Å². The van der Waals surface area contributed by atoms with Gasteiger partial charge in [0, 0.05) is 10.6 Å². The predicted molar refractivity (Wildman–Crippen MR) is 106 cm³/mol. The minimum absolute atomic E-state index is 0.0876. The minimum Gasteiger partial charge on any atom is -0.465 e. The van der Waals surface area contributed by atoms with Gasteiger partial charge in [-0.25, -0.2) is 18.6 Å². The lowest BCUT2D eigenvalue weighted by Crippen LogP contribution is -2.23. The SMILES string of the molecule is COC(=O)c1c(C(F)F)nc(C(F)(F)F)c(C(S)c2ccc(Cl)cc2)c1CC(C)C. The number of hydrogen-bond acceptors (Lipinski definition) is 4. The van der Waals surface area contributed by atoms with Gasteiger partial charge in [-0.3, -0.25) is 0 Å². The average Bonchev–Trinajstić information content (AvgIpc) is 2.65. The van der Waals surface area contributed by atoms with E-state index in [4.69, 9.17) is 11.6 Å². The molecule has 3 nitrogen and oxygen atoms in total. The van der Waals surface area contributed by atoms with Gasteiger partial charge in [0.1, 0.15) is 11.4 Å². The molecule has 1 unspecified atom stereocenters. The molecular weight excluding hydrogens is 449 g/mol. The maximum Gasteiger partial charge on any atom is 0.433 e. The van der Waals surface area contributed by atoms with Crippen molar-refractivity contribution in [3.8, 4) is 0 Å². The summed E-state index contributed by atoms with van der Waals surface area (Å²) in [6.07, 6.45) is -8.54. The van der Waals surface area contributed by atoms with Crippen LogP contribution in [0.25, 0.3) is 0 Å².